The van der Waals surface area contributed by atoms with E-state index < -0.39 is 0 Å². The predicted molar refractivity (Wildman–Crippen MR) is 82.5 cm³/mol. The average Bonchev–Trinajstić information content (AvgIpc) is 3.35. The lowest BCUT2D eigenvalue weighted by atomic mass is 10.2. The molecule has 23 heavy (non-hydrogen) atoms. The molecule has 0 N–H and O–H groups in total. The Morgan fingerprint density at radius 1 is 1.22 bits per heavy atom. The minimum Gasteiger partial charge on any atom is -0.354 e. The first-order valence-electron chi connectivity index (χ1n) is 7.93. The molecule has 2 aromatic heterocycles. The first kappa shape index (κ1) is 14.1. The second-order valence-electron chi connectivity index (χ2n) is 6.05. The smallest absolute Gasteiger partial charge is 0.165 e. The van der Waals surface area contributed by atoms with Crippen molar-refractivity contribution in [3.8, 4) is 6.07 Å². The van der Waals surface area contributed by atoms with Crippen LogP contribution in [0.4, 0.5) is 5.82 Å². The molecule has 0 radical (unpaired) electrons. The standard InChI is InChI=1S/C15H18N8/c16-10-12-3-4-17-14(9-12)22-7-5-21(6-8-22)11-15-18-19-20-23(15)13-1-2-13/h3-4,9,13H,1-2,5-8,11H2. The summed E-state index contributed by atoms with van der Waals surface area (Å²) in [5.41, 5.74) is 0.654. The van der Waals surface area contributed by atoms with Crippen LogP contribution in [-0.2, 0) is 6.54 Å². The second kappa shape index (κ2) is 5.93. The van der Waals surface area contributed by atoms with Crippen molar-refractivity contribution in [2.24, 2.45) is 0 Å². The maximum Gasteiger partial charge on any atom is 0.165 e. The Hall–Kier alpha value is -2.53. The van der Waals surface area contributed by atoms with E-state index >= 15 is 0 Å². The van der Waals surface area contributed by atoms with Gasteiger partial charge in [0.25, 0.3) is 0 Å². The molecule has 8 heteroatoms. The number of rotatable bonds is 4. The Morgan fingerprint density at radius 2 is 2.04 bits per heavy atom. The fraction of sp³-hybridized carbons (Fsp3) is 0.533. The molecule has 0 unspecified atom stereocenters. The van der Waals surface area contributed by atoms with Gasteiger partial charge in [-0.2, -0.15) is 5.26 Å². The Labute approximate surface area is 134 Å². The van der Waals surface area contributed by atoms with Gasteiger partial charge in [-0.15, -0.1) is 5.10 Å². The van der Waals surface area contributed by atoms with E-state index in [4.69, 9.17) is 5.26 Å². The van der Waals surface area contributed by atoms with Crippen molar-refractivity contribution in [3.05, 3.63) is 29.7 Å². The molecule has 1 aliphatic carbocycles. The zero-order chi connectivity index (χ0) is 15.6. The molecular formula is C15H18N8. The molecular weight excluding hydrogens is 292 g/mol. The van der Waals surface area contributed by atoms with Crippen molar-refractivity contribution in [1.29, 1.82) is 5.26 Å². The topological polar surface area (TPSA) is 86.8 Å². The number of anilines is 1. The average molecular weight is 310 g/mol. The van der Waals surface area contributed by atoms with Crippen LogP contribution in [0.5, 0.6) is 0 Å². The Balaban J connectivity index is 1.37. The number of nitrogens with zero attached hydrogens (tertiary/aromatic N) is 8. The van der Waals surface area contributed by atoms with Crippen LogP contribution in [0.1, 0.15) is 30.3 Å². The maximum atomic E-state index is 9.00. The van der Waals surface area contributed by atoms with E-state index in [-0.39, 0.29) is 0 Å². The fourth-order valence-corrected chi connectivity index (χ4v) is 2.92. The van der Waals surface area contributed by atoms with Crippen LogP contribution >= 0.6 is 0 Å². The first-order chi connectivity index (χ1) is 11.3. The van der Waals surface area contributed by atoms with Gasteiger partial charge >= 0.3 is 0 Å². The van der Waals surface area contributed by atoms with Crippen LogP contribution in [-0.4, -0.2) is 56.3 Å². The molecule has 0 atom stereocenters. The lowest BCUT2D eigenvalue weighted by Crippen LogP contribution is -2.46. The lowest BCUT2D eigenvalue weighted by molar-refractivity contribution is 0.238. The van der Waals surface area contributed by atoms with Gasteiger partial charge in [-0.3, -0.25) is 4.90 Å². The molecule has 2 aliphatic rings. The summed E-state index contributed by atoms with van der Waals surface area (Å²) < 4.78 is 1.98. The van der Waals surface area contributed by atoms with Crippen molar-refractivity contribution in [2.75, 3.05) is 31.1 Å². The van der Waals surface area contributed by atoms with Gasteiger partial charge in [0, 0.05) is 32.4 Å². The van der Waals surface area contributed by atoms with Crippen LogP contribution < -0.4 is 4.90 Å². The van der Waals surface area contributed by atoms with Gasteiger partial charge in [-0.05, 0) is 35.4 Å². The molecule has 0 amide bonds. The summed E-state index contributed by atoms with van der Waals surface area (Å²) in [4.78, 5) is 8.97. The van der Waals surface area contributed by atoms with Gasteiger partial charge in [0.1, 0.15) is 5.82 Å². The van der Waals surface area contributed by atoms with Crippen LogP contribution in [0.15, 0.2) is 18.3 Å². The zero-order valence-electron chi connectivity index (χ0n) is 12.8. The van der Waals surface area contributed by atoms with Crippen molar-refractivity contribution >= 4 is 5.82 Å². The molecule has 4 rings (SSSR count). The van der Waals surface area contributed by atoms with Crippen molar-refractivity contribution in [1.82, 2.24) is 30.1 Å². The Morgan fingerprint density at radius 3 is 2.78 bits per heavy atom. The van der Waals surface area contributed by atoms with Crippen molar-refractivity contribution in [3.63, 3.8) is 0 Å². The summed E-state index contributed by atoms with van der Waals surface area (Å²) in [6.07, 6.45) is 4.07. The third kappa shape index (κ3) is 3.00. The van der Waals surface area contributed by atoms with E-state index in [1.165, 1.54) is 12.8 Å². The summed E-state index contributed by atoms with van der Waals surface area (Å²) in [5, 5.41) is 21.1. The minimum absolute atomic E-state index is 0.513. The highest BCUT2D eigenvalue weighted by Crippen LogP contribution is 2.34. The number of nitriles is 1. The highest BCUT2D eigenvalue weighted by molar-refractivity contribution is 5.45. The largest absolute Gasteiger partial charge is 0.354 e. The highest BCUT2D eigenvalue weighted by atomic mass is 15.6. The van der Waals surface area contributed by atoms with Gasteiger partial charge < -0.3 is 4.90 Å². The van der Waals surface area contributed by atoms with E-state index in [1.54, 1.807) is 12.3 Å². The molecule has 1 aliphatic heterocycles. The normalized spacial score (nSPS) is 18.8. The predicted octanol–water partition coefficient (Wildman–Crippen LogP) is 0.597. The van der Waals surface area contributed by atoms with Gasteiger partial charge in [0.2, 0.25) is 0 Å². The van der Waals surface area contributed by atoms with Crippen LogP contribution in [0.3, 0.4) is 0 Å². The number of pyridine rings is 1. The minimum atomic E-state index is 0.513. The van der Waals surface area contributed by atoms with E-state index in [1.807, 2.05) is 10.7 Å². The third-order valence-electron chi connectivity index (χ3n) is 4.39. The third-order valence-corrected chi connectivity index (χ3v) is 4.39. The number of hydrogen-bond acceptors (Lipinski definition) is 7. The lowest BCUT2D eigenvalue weighted by Gasteiger charge is -2.35. The molecule has 0 bridgehead atoms. The summed E-state index contributed by atoms with van der Waals surface area (Å²) >= 11 is 0. The van der Waals surface area contributed by atoms with E-state index in [0.29, 0.717) is 11.6 Å². The Bertz CT molecular complexity index is 721. The van der Waals surface area contributed by atoms with E-state index in [2.05, 4.69) is 36.4 Å². The SMILES string of the molecule is N#Cc1ccnc(N2CCN(Cc3nnnn3C3CC3)CC2)c1. The number of aromatic nitrogens is 5. The molecule has 118 valence electrons. The summed E-state index contributed by atoms with van der Waals surface area (Å²) in [7, 11) is 0. The van der Waals surface area contributed by atoms with Gasteiger partial charge in [0.15, 0.2) is 5.82 Å². The van der Waals surface area contributed by atoms with Crippen LogP contribution in [0.25, 0.3) is 0 Å². The molecule has 2 fully saturated rings. The molecule has 3 heterocycles. The second-order valence-corrected chi connectivity index (χ2v) is 6.05. The molecule has 2 aromatic rings. The van der Waals surface area contributed by atoms with Gasteiger partial charge in [0.05, 0.1) is 24.2 Å². The quantitative estimate of drug-likeness (QED) is 0.817. The number of hydrogen-bond donors (Lipinski definition) is 0. The molecule has 0 aromatic carbocycles. The maximum absolute atomic E-state index is 9.00. The van der Waals surface area contributed by atoms with Crippen LogP contribution in [0.2, 0.25) is 0 Å². The van der Waals surface area contributed by atoms with Crippen molar-refractivity contribution < 1.29 is 0 Å². The molecule has 0 spiro atoms. The van der Waals surface area contributed by atoms with Gasteiger partial charge in [-0.1, -0.05) is 0 Å². The van der Waals surface area contributed by atoms with E-state index in [0.717, 1.165) is 44.4 Å². The van der Waals surface area contributed by atoms with Crippen LogP contribution in [0, 0.1) is 11.3 Å². The molecule has 1 saturated carbocycles. The van der Waals surface area contributed by atoms with Crippen molar-refractivity contribution in [2.45, 2.75) is 25.4 Å². The van der Waals surface area contributed by atoms with Gasteiger partial charge in [-0.25, -0.2) is 9.67 Å². The monoisotopic (exact) mass is 310 g/mol. The summed E-state index contributed by atoms with van der Waals surface area (Å²) in [6, 6.07) is 6.26. The fourth-order valence-electron chi connectivity index (χ4n) is 2.92. The summed E-state index contributed by atoms with van der Waals surface area (Å²) in [6.45, 7) is 4.47. The van der Waals surface area contributed by atoms with E-state index in [9.17, 15) is 0 Å². The molecule has 1 saturated heterocycles. The molecule has 8 nitrogen and oxygen atoms in total. The number of piperazine rings is 1. The summed E-state index contributed by atoms with van der Waals surface area (Å²) in [5.74, 6) is 1.84. The number of tetrazole rings is 1. The zero-order valence-corrected chi connectivity index (χ0v) is 12.8. The highest BCUT2D eigenvalue weighted by Gasteiger charge is 2.29. The first-order valence-corrected chi connectivity index (χ1v) is 7.93. The Kier molecular flexibility index (Phi) is 3.63.